The molecule has 1 atom stereocenters. The monoisotopic (exact) mass is 947 g/mol. The van der Waals surface area contributed by atoms with Crippen LogP contribution in [0.1, 0.15) is 343 Å². The van der Waals surface area contributed by atoms with Gasteiger partial charge in [0.05, 0.1) is 0 Å². The number of unbranched alkanes of at least 4 members (excludes halogenated alkanes) is 40. The highest BCUT2D eigenvalue weighted by atomic mass is 16.6. The smallest absolute Gasteiger partial charge is 0.306 e. The molecule has 0 aliphatic carbocycles. The van der Waals surface area contributed by atoms with E-state index in [0.29, 0.717) is 19.3 Å². The van der Waals surface area contributed by atoms with E-state index in [4.69, 9.17) is 14.2 Å². The van der Waals surface area contributed by atoms with Crippen LogP contribution >= 0.6 is 0 Å². The molecule has 6 nitrogen and oxygen atoms in total. The van der Waals surface area contributed by atoms with Crippen LogP contribution in [-0.4, -0.2) is 37.2 Å². The molecular weight excluding hydrogens is 829 g/mol. The van der Waals surface area contributed by atoms with Crippen molar-refractivity contribution in [3.63, 3.8) is 0 Å². The molecule has 0 N–H and O–H groups in total. The second-order valence-corrected chi connectivity index (χ2v) is 21.9. The third-order valence-corrected chi connectivity index (χ3v) is 14.0. The number of carbonyl (C=O) groups is 3. The summed E-state index contributed by atoms with van der Waals surface area (Å²) in [7, 11) is 0. The highest BCUT2D eigenvalue weighted by molar-refractivity contribution is 5.71. The number of hydrogen-bond acceptors (Lipinski definition) is 6. The normalized spacial score (nSPS) is 12.0. The molecule has 0 spiro atoms. The molecule has 0 saturated heterocycles. The molecule has 0 saturated carbocycles. The third-order valence-electron chi connectivity index (χ3n) is 14.0. The summed E-state index contributed by atoms with van der Waals surface area (Å²) in [5.41, 5.74) is 0. The summed E-state index contributed by atoms with van der Waals surface area (Å²) < 4.78 is 16.9. The van der Waals surface area contributed by atoms with E-state index >= 15 is 0 Å². The van der Waals surface area contributed by atoms with Crippen molar-refractivity contribution in [3.8, 4) is 0 Å². The van der Waals surface area contributed by atoms with Crippen LogP contribution in [0.4, 0.5) is 0 Å². The molecule has 0 aromatic carbocycles. The molecule has 0 aromatic rings. The van der Waals surface area contributed by atoms with Gasteiger partial charge in [-0.25, -0.2) is 0 Å². The van der Waals surface area contributed by atoms with Crippen molar-refractivity contribution in [2.45, 2.75) is 349 Å². The number of ether oxygens (including phenoxy) is 3. The minimum Gasteiger partial charge on any atom is -0.462 e. The van der Waals surface area contributed by atoms with Gasteiger partial charge in [0, 0.05) is 19.3 Å². The second kappa shape index (κ2) is 53.8. The highest BCUT2D eigenvalue weighted by Gasteiger charge is 2.19. The van der Waals surface area contributed by atoms with Crippen molar-refractivity contribution in [3.05, 3.63) is 0 Å². The molecule has 0 aromatic heterocycles. The second-order valence-electron chi connectivity index (χ2n) is 21.9. The summed E-state index contributed by atoms with van der Waals surface area (Å²) >= 11 is 0. The molecule has 67 heavy (non-hydrogen) atoms. The van der Waals surface area contributed by atoms with Crippen LogP contribution in [0.5, 0.6) is 0 Å². The van der Waals surface area contributed by atoms with Gasteiger partial charge < -0.3 is 14.2 Å². The van der Waals surface area contributed by atoms with Gasteiger partial charge in [0.15, 0.2) is 6.10 Å². The lowest BCUT2D eigenvalue weighted by Crippen LogP contribution is -2.30. The van der Waals surface area contributed by atoms with Crippen molar-refractivity contribution >= 4 is 17.9 Å². The van der Waals surface area contributed by atoms with Crippen molar-refractivity contribution in [1.29, 1.82) is 0 Å². The fourth-order valence-corrected chi connectivity index (χ4v) is 9.40. The Bertz CT molecular complexity index is 1020. The predicted molar refractivity (Wildman–Crippen MR) is 289 cm³/mol. The van der Waals surface area contributed by atoms with Gasteiger partial charge >= 0.3 is 17.9 Å². The van der Waals surface area contributed by atoms with Crippen molar-refractivity contribution in [2.75, 3.05) is 13.2 Å². The Labute approximate surface area is 418 Å². The molecule has 0 aliphatic rings. The Hall–Kier alpha value is -1.59. The van der Waals surface area contributed by atoms with Crippen molar-refractivity contribution in [2.24, 2.45) is 11.8 Å². The first-order valence-corrected chi connectivity index (χ1v) is 30.2. The Balaban J connectivity index is 4.29. The summed E-state index contributed by atoms with van der Waals surface area (Å²) in [4.78, 5) is 38.2. The largest absolute Gasteiger partial charge is 0.462 e. The van der Waals surface area contributed by atoms with E-state index < -0.39 is 6.10 Å². The molecule has 0 aliphatic heterocycles. The summed E-state index contributed by atoms with van der Waals surface area (Å²) in [5.74, 6) is 0.857. The molecular formula is C61H118O6. The predicted octanol–water partition coefficient (Wildman–Crippen LogP) is 20.0. The van der Waals surface area contributed by atoms with Crippen LogP contribution in [-0.2, 0) is 28.6 Å². The van der Waals surface area contributed by atoms with Gasteiger partial charge in [0.1, 0.15) is 13.2 Å². The van der Waals surface area contributed by atoms with Gasteiger partial charge in [0.2, 0.25) is 0 Å². The van der Waals surface area contributed by atoms with E-state index in [1.54, 1.807) is 0 Å². The van der Waals surface area contributed by atoms with E-state index in [-0.39, 0.29) is 31.1 Å². The molecule has 0 radical (unpaired) electrons. The van der Waals surface area contributed by atoms with E-state index in [1.165, 1.54) is 231 Å². The van der Waals surface area contributed by atoms with Crippen LogP contribution in [0.15, 0.2) is 0 Å². The first-order chi connectivity index (χ1) is 32.7. The minimum absolute atomic E-state index is 0.0622. The Kier molecular flexibility index (Phi) is 52.5. The maximum atomic E-state index is 12.9. The van der Waals surface area contributed by atoms with Gasteiger partial charge in [-0.3, -0.25) is 14.4 Å². The number of rotatable bonds is 55. The maximum absolute atomic E-state index is 12.9. The standard InChI is InChI=1S/C61H118O6/c1-6-7-8-9-10-11-12-13-21-26-31-36-41-46-51-59(62)65-54-58(55-66-60(63)52-47-42-37-32-27-23-18-20-25-30-35-40-45-50-57(4)5)67-61(64)53-48-43-38-33-28-22-17-15-14-16-19-24-29-34-39-44-49-56(2)3/h56-58H,6-55H2,1-5H3/t58-/m1/s1. The third kappa shape index (κ3) is 55.2. The topological polar surface area (TPSA) is 78.9 Å². The quantitative estimate of drug-likeness (QED) is 0.0343. The van der Waals surface area contributed by atoms with Gasteiger partial charge in [-0.1, -0.05) is 304 Å². The van der Waals surface area contributed by atoms with Crippen LogP contribution in [0.3, 0.4) is 0 Å². The van der Waals surface area contributed by atoms with Crippen LogP contribution < -0.4 is 0 Å². The fraction of sp³-hybridized carbons (Fsp3) is 0.951. The fourth-order valence-electron chi connectivity index (χ4n) is 9.40. The molecule has 398 valence electrons. The summed E-state index contributed by atoms with van der Waals surface area (Å²) in [6.45, 7) is 11.4. The van der Waals surface area contributed by atoms with E-state index in [1.807, 2.05) is 0 Å². The first-order valence-electron chi connectivity index (χ1n) is 30.2. The number of esters is 3. The average molecular weight is 948 g/mol. The average Bonchev–Trinajstić information content (AvgIpc) is 3.30. The lowest BCUT2D eigenvalue weighted by Gasteiger charge is -2.18. The first kappa shape index (κ1) is 65.4. The van der Waals surface area contributed by atoms with Crippen molar-refractivity contribution in [1.82, 2.24) is 0 Å². The lowest BCUT2D eigenvalue weighted by molar-refractivity contribution is -0.167. The molecule has 0 fully saturated rings. The van der Waals surface area contributed by atoms with Crippen LogP contribution in [0.25, 0.3) is 0 Å². The zero-order valence-electron chi connectivity index (χ0n) is 46.0. The minimum atomic E-state index is -0.763. The SMILES string of the molecule is CCCCCCCCCCCCCCCCC(=O)OC[C@H](COC(=O)CCCCCCCCCCCCCCCC(C)C)OC(=O)CCCCCCCCCCCCCCCCCCC(C)C. The lowest BCUT2D eigenvalue weighted by atomic mass is 10.0. The Morgan fingerprint density at radius 1 is 0.284 bits per heavy atom. The summed E-state index contributed by atoms with van der Waals surface area (Å²) in [6.07, 6.45) is 58.1. The van der Waals surface area contributed by atoms with E-state index in [0.717, 1.165) is 69.6 Å². The summed E-state index contributed by atoms with van der Waals surface area (Å²) in [6, 6.07) is 0. The van der Waals surface area contributed by atoms with Crippen molar-refractivity contribution < 1.29 is 28.6 Å². The zero-order valence-corrected chi connectivity index (χ0v) is 46.0. The van der Waals surface area contributed by atoms with E-state index in [2.05, 4.69) is 34.6 Å². The molecule has 0 heterocycles. The highest BCUT2D eigenvalue weighted by Crippen LogP contribution is 2.18. The molecule has 6 heteroatoms. The molecule has 0 amide bonds. The number of hydrogen-bond donors (Lipinski definition) is 0. The van der Waals surface area contributed by atoms with Gasteiger partial charge in [0.25, 0.3) is 0 Å². The molecule has 0 rings (SSSR count). The molecule has 0 bridgehead atoms. The molecule has 0 unspecified atom stereocenters. The van der Waals surface area contributed by atoms with Crippen LogP contribution in [0, 0.1) is 11.8 Å². The Morgan fingerprint density at radius 3 is 0.731 bits per heavy atom. The van der Waals surface area contributed by atoms with Crippen LogP contribution in [0.2, 0.25) is 0 Å². The number of carbonyl (C=O) groups excluding carboxylic acids is 3. The zero-order chi connectivity index (χ0) is 48.9. The summed E-state index contributed by atoms with van der Waals surface area (Å²) in [5, 5.41) is 0. The van der Waals surface area contributed by atoms with Gasteiger partial charge in [-0.05, 0) is 31.1 Å². The Morgan fingerprint density at radius 2 is 0.493 bits per heavy atom. The van der Waals surface area contributed by atoms with Gasteiger partial charge in [-0.15, -0.1) is 0 Å². The van der Waals surface area contributed by atoms with Gasteiger partial charge in [-0.2, -0.15) is 0 Å². The van der Waals surface area contributed by atoms with E-state index in [9.17, 15) is 14.4 Å². The maximum Gasteiger partial charge on any atom is 0.306 e.